The number of hydrogen-bond donors (Lipinski definition) is 1. The van der Waals surface area contributed by atoms with Gasteiger partial charge in [-0.05, 0) is 79.6 Å². The number of rotatable bonds is 7. The molecule has 1 aliphatic heterocycles. The van der Waals surface area contributed by atoms with Crippen molar-refractivity contribution in [3.63, 3.8) is 0 Å². The number of nitrogens with one attached hydrogen (secondary N) is 1. The summed E-state index contributed by atoms with van der Waals surface area (Å²) in [7, 11) is 0. The Morgan fingerprint density at radius 3 is 2.42 bits per heavy atom. The van der Waals surface area contributed by atoms with E-state index in [1.54, 1.807) is 17.8 Å². The van der Waals surface area contributed by atoms with Crippen LogP contribution in [0.5, 0.6) is 0 Å². The van der Waals surface area contributed by atoms with Crippen LogP contribution < -0.4 is 5.32 Å². The summed E-state index contributed by atoms with van der Waals surface area (Å²) in [5, 5.41) is 3.25. The Kier molecular flexibility index (Phi) is 9.01. The van der Waals surface area contributed by atoms with Gasteiger partial charge in [-0.1, -0.05) is 36.5 Å². The molecule has 0 radical (unpaired) electrons. The van der Waals surface area contributed by atoms with E-state index in [1.165, 1.54) is 6.07 Å². The first-order chi connectivity index (χ1) is 15.6. The van der Waals surface area contributed by atoms with Gasteiger partial charge < -0.3 is 5.32 Å². The van der Waals surface area contributed by atoms with Crippen LogP contribution in [0.25, 0.3) is 0 Å². The number of benzene rings is 2. The van der Waals surface area contributed by atoms with E-state index in [1.807, 2.05) is 24.8 Å². The quantitative estimate of drug-likeness (QED) is 0.389. The van der Waals surface area contributed by atoms with E-state index in [0.717, 1.165) is 60.2 Å². The van der Waals surface area contributed by atoms with E-state index in [4.69, 9.17) is 23.2 Å². The molecule has 0 bridgehead atoms. The van der Waals surface area contributed by atoms with Gasteiger partial charge in [0.15, 0.2) is 0 Å². The van der Waals surface area contributed by atoms with E-state index in [-0.39, 0.29) is 29.2 Å². The van der Waals surface area contributed by atoms with Crippen molar-refractivity contribution >= 4 is 40.9 Å². The van der Waals surface area contributed by atoms with Gasteiger partial charge in [-0.3, -0.25) is 9.69 Å². The smallest absolute Gasteiger partial charge is 0.348 e. The van der Waals surface area contributed by atoms with Gasteiger partial charge in [0.1, 0.15) is 0 Å². The molecular formula is C24H27Cl2F3N2OS. The molecule has 0 unspecified atom stereocenters. The van der Waals surface area contributed by atoms with E-state index in [2.05, 4.69) is 5.32 Å². The number of aryl methyl sites for hydroxylation is 1. The minimum absolute atomic E-state index is 0.0227. The molecule has 1 amide bonds. The number of hydrogen-bond acceptors (Lipinski definition) is 3. The standard InChI is InChI=1S/C24H27Cl2F3N2OS/c1-3-33-22-9-15(2)20(25)12-17(22)13-30-23(32)16-10-19(24(27,28)29)18(21(26)11-16)14-31-7-5-4-6-8-31/h9-12H,3-8,13-14H2,1-2H3,(H,30,32). The highest BCUT2D eigenvalue weighted by atomic mass is 35.5. The molecular weight excluding hydrogens is 492 g/mol. The second-order valence-electron chi connectivity index (χ2n) is 8.14. The van der Waals surface area contributed by atoms with E-state index < -0.39 is 17.6 Å². The number of carbonyl (C=O) groups is 1. The molecule has 1 N–H and O–H groups in total. The van der Waals surface area contributed by atoms with Gasteiger partial charge in [0.2, 0.25) is 0 Å². The van der Waals surface area contributed by atoms with Crippen molar-refractivity contribution in [3.05, 3.63) is 62.1 Å². The largest absolute Gasteiger partial charge is 0.416 e. The molecule has 1 fully saturated rings. The van der Waals surface area contributed by atoms with Crippen molar-refractivity contribution in [2.75, 3.05) is 18.8 Å². The Morgan fingerprint density at radius 2 is 1.79 bits per heavy atom. The fourth-order valence-electron chi connectivity index (χ4n) is 3.92. The molecule has 1 heterocycles. The topological polar surface area (TPSA) is 32.3 Å². The predicted molar refractivity (Wildman–Crippen MR) is 129 cm³/mol. The molecule has 33 heavy (non-hydrogen) atoms. The summed E-state index contributed by atoms with van der Waals surface area (Å²) in [6.07, 6.45) is -1.61. The van der Waals surface area contributed by atoms with Gasteiger partial charge in [0, 0.05) is 33.6 Å². The van der Waals surface area contributed by atoms with Crippen LogP contribution in [-0.4, -0.2) is 29.6 Å². The summed E-state index contributed by atoms with van der Waals surface area (Å²) in [5.41, 5.74) is 0.793. The molecule has 180 valence electrons. The van der Waals surface area contributed by atoms with Crippen LogP contribution in [0.15, 0.2) is 29.2 Å². The van der Waals surface area contributed by atoms with Gasteiger partial charge in [0.25, 0.3) is 5.91 Å². The van der Waals surface area contributed by atoms with Crippen LogP contribution in [0.2, 0.25) is 10.0 Å². The van der Waals surface area contributed by atoms with Crippen molar-refractivity contribution in [2.24, 2.45) is 0 Å². The summed E-state index contributed by atoms with van der Waals surface area (Å²) < 4.78 is 41.6. The number of nitrogens with zero attached hydrogens (tertiary/aromatic N) is 1. The van der Waals surface area contributed by atoms with Gasteiger partial charge in [-0.25, -0.2) is 0 Å². The number of likely N-dealkylation sites (tertiary alicyclic amines) is 1. The molecule has 0 saturated carbocycles. The monoisotopic (exact) mass is 518 g/mol. The number of piperidine rings is 1. The number of carbonyl (C=O) groups excluding carboxylic acids is 1. The second kappa shape index (κ2) is 11.3. The zero-order chi connectivity index (χ0) is 24.2. The summed E-state index contributed by atoms with van der Waals surface area (Å²) in [5.74, 6) is 0.224. The minimum atomic E-state index is -4.61. The maximum absolute atomic E-state index is 13.9. The maximum atomic E-state index is 13.9. The molecule has 2 aromatic rings. The molecule has 0 aromatic heterocycles. The van der Waals surface area contributed by atoms with E-state index >= 15 is 0 Å². The molecule has 0 atom stereocenters. The Bertz CT molecular complexity index is 1010. The number of amides is 1. The third-order valence-corrected chi connectivity index (χ3v) is 7.40. The number of alkyl halides is 3. The summed E-state index contributed by atoms with van der Waals surface area (Å²) >= 11 is 14.2. The Labute approximate surface area is 207 Å². The first-order valence-electron chi connectivity index (χ1n) is 10.9. The number of halogens is 5. The number of thioether (sulfide) groups is 1. The normalized spacial score (nSPS) is 15.0. The van der Waals surface area contributed by atoms with Gasteiger partial charge in [-0.2, -0.15) is 13.2 Å². The summed E-state index contributed by atoms with van der Waals surface area (Å²) in [4.78, 5) is 15.7. The third kappa shape index (κ3) is 6.81. The Balaban J connectivity index is 1.83. The molecule has 3 rings (SSSR count). The average Bonchev–Trinajstić information content (AvgIpc) is 2.76. The van der Waals surface area contributed by atoms with Crippen LogP contribution in [0.4, 0.5) is 13.2 Å². The summed E-state index contributed by atoms with van der Waals surface area (Å²) in [6, 6.07) is 5.97. The Morgan fingerprint density at radius 1 is 1.09 bits per heavy atom. The fourth-order valence-corrected chi connectivity index (χ4v) is 5.28. The lowest BCUT2D eigenvalue weighted by Crippen LogP contribution is -2.30. The molecule has 0 spiro atoms. The van der Waals surface area contributed by atoms with Crippen molar-refractivity contribution in [3.8, 4) is 0 Å². The van der Waals surface area contributed by atoms with Gasteiger partial charge >= 0.3 is 6.18 Å². The van der Waals surface area contributed by atoms with E-state index in [0.29, 0.717) is 5.02 Å². The van der Waals surface area contributed by atoms with Crippen LogP contribution >= 0.6 is 35.0 Å². The highest BCUT2D eigenvalue weighted by molar-refractivity contribution is 7.99. The van der Waals surface area contributed by atoms with Crippen molar-refractivity contribution in [2.45, 2.75) is 57.3 Å². The van der Waals surface area contributed by atoms with Gasteiger partial charge in [-0.15, -0.1) is 11.8 Å². The third-order valence-electron chi connectivity index (χ3n) is 5.67. The van der Waals surface area contributed by atoms with Crippen LogP contribution in [-0.2, 0) is 19.3 Å². The second-order valence-corrected chi connectivity index (χ2v) is 10.3. The maximum Gasteiger partial charge on any atom is 0.416 e. The SMILES string of the molecule is CCSc1cc(C)c(Cl)cc1CNC(=O)c1cc(Cl)c(CN2CCCCC2)c(C(F)(F)F)c1. The van der Waals surface area contributed by atoms with Crippen molar-refractivity contribution in [1.29, 1.82) is 0 Å². The van der Waals surface area contributed by atoms with Gasteiger partial charge in [0.05, 0.1) is 5.56 Å². The van der Waals surface area contributed by atoms with Crippen LogP contribution in [0, 0.1) is 6.92 Å². The Hall–Kier alpha value is -1.41. The lowest BCUT2D eigenvalue weighted by molar-refractivity contribution is -0.138. The average molecular weight is 519 g/mol. The lowest BCUT2D eigenvalue weighted by Gasteiger charge is -2.28. The highest BCUT2D eigenvalue weighted by Crippen LogP contribution is 2.37. The molecule has 3 nitrogen and oxygen atoms in total. The fraction of sp³-hybridized carbons (Fsp3) is 0.458. The van der Waals surface area contributed by atoms with Crippen molar-refractivity contribution < 1.29 is 18.0 Å². The minimum Gasteiger partial charge on any atom is -0.348 e. The predicted octanol–water partition coefficient (Wildman–Crippen LogP) is 7.35. The molecule has 1 saturated heterocycles. The highest BCUT2D eigenvalue weighted by Gasteiger charge is 2.36. The first kappa shape index (κ1) is 26.2. The zero-order valence-corrected chi connectivity index (χ0v) is 20.9. The van der Waals surface area contributed by atoms with Crippen LogP contribution in [0.3, 0.4) is 0 Å². The molecule has 1 aliphatic rings. The first-order valence-corrected chi connectivity index (χ1v) is 12.7. The molecule has 0 aliphatic carbocycles. The molecule has 9 heteroatoms. The lowest BCUT2D eigenvalue weighted by atomic mass is 10.0. The summed E-state index contributed by atoms with van der Waals surface area (Å²) in [6.45, 7) is 5.67. The zero-order valence-electron chi connectivity index (χ0n) is 18.6. The van der Waals surface area contributed by atoms with E-state index in [9.17, 15) is 18.0 Å². The molecule has 2 aromatic carbocycles. The van der Waals surface area contributed by atoms with Crippen LogP contribution in [0.1, 0.15) is 58.8 Å². The van der Waals surface area contributed by atoms with Crippen molar-refractivity contribution in [1.82, 2.24) is 10.2 Å².